The Morgan fingerprint density at radius 1 is 1.00 bits per heavy atom. The van der Waals surface area contributed by atoms with E-state index in [1.54, 1.807) is 12.1 Å². The quantitative estimate of drug-likeness (QED) is 0.499. The molecule has 3 amide bonds. The Hall–Kier alpha value is -3.42. The van der Waals surface area contributed by atoms with Gasteiger partial charge in [0.25, 0.3) is 0 Å². The Bertz CT molecular complexity index is 1070. The summed E-state index contributed by atoms with van der Waals surface area (Å²) in [5, 5.41) is 14.8. The largest absolute Gasteiger partial charge is 0.478 e. The van der Waals surface area contributed by atoms with Crippen LogP contribution in [0.25, 0.3) is 0 Å². The third-order valence-electron chi connectivity index (χ3n) is 7.35. The predicted molar refractivity (Wildman–Crippen MR) is 135 cm³/mol. The van der Waals surface area contributed by atoms with Gasteiger partial charge in [-0.2, -0.15) is 0 Å². The van der Waals surface area contributed by atoms with Crippen molar-refractivity contribution in [3.8, 4) is 0 Å². The fourth-order valence-electron chi connectivity index (χ4n) is 5.42. The molecule has 1 aliphatic heterocycles. The second kappa shape index (κ2) is 12.0. The first-order valence-corrected chi connectivity index (χ1v) is 12.8. The number of nitrogens with zero attached hydrogens (tertiary/aromatic N) is 1. The molecule has 2 fully saturated rings. The fraction of sp³-hybridized carbons (Fsp3) is 0.464. The van der Waals surface area contributed by atoms with Crippen molar-refractivity contribution in [3.63, 3.8) is 0 Å². The van der Waals surface area contributed by atoms with E-state index in [2.05, 4.69) is 10.6 Å². The van der Waals surface area contributed by atoms with Crippen LogP contribution >= 0.6 is 0 Å². The Kier molecular flexibility index (Phi) is 8.57. The number of urea groups is 1. The van der Waals surface area contributed by atoms with E-state index in [4.69, 9.17) is 5.11 Å². The molecule has 0 unspecified atom stereocenters. The number of hydrogen-bond donors (Lipinski definition) is 3. The number of likely N-dealkylation sites (tertiary alicyclic amines) is 1. The van der Waals surface area contributed by atoms with Crippen LogP contribution < -0.4 is 10.6 Å². The number of rotatable bonds is 7. The van der Waals surface area contributed by atoms with Crippen molar-refractivity contribution in [1.29, 1.82) is 0 Å². The molecular formula is C28H34FN3O4. The molecule has 3 atom stereocenters. The molecule has 36 heavy (non-hydrogen) atoms. The molecule has 192 valence electrons. The molecule has 2 aromatic carbocycles. The lowest BCUT2D eigenvalue weighted by Crippen LogP contribution is -2.52. The van der Waals surface area contributed by atoms with Crippen molar-refractivity contribution in [2.75, 3.05) is 18.4 Å². The van der Waals surface area contributed by atoms with Crippen molar-refractivity contribution in [3.05, 3.63) is 65.5 Å². The number of hydrogen-bond acceptors (Lipinski definition) is 3. The zero-order chi connectivity index (χ0) is 25.5. The molecule has 8 heteroatoms. The van der Waals surface area contributed by atoms with Gasteiger partial charge in [-0.15, -0.1) is 0 Å². The summed E-state index contributed by atoms with van der Waals surface area (Å²) in [5.74, 6) is -1.03. The number of anilines is 1. The Balaban J connectivity index is 1.32. The van der Waals surface area contributed by atoms with Crippen LogP contribution in [0.1, 0.15) is 60.9 Å². The van der Waals surface area contributed by atoms with Crippen LogP contribution in [0.2, 0.25) is 0 Å². The molecule has 1 heterocycles. The maximum atomic E-state index is 13.5. The van der Waals surface area contributed by atoms with E-state index in [0.717, 1.165) is 70.0 Å². The average molecular weight is 496 g/mol. The highest BCUT2D eigenvalue weighted by Crippen LogP contribution is 2.29. The molecule has 4 rings (SSSR count). The van der Waals surface area contributed by atoms with Gasteiger partial charge in [0.15, 0.2) is 0 Å². The van der Waals surface area contributed by atoms with Gasteiger partial charge in [-0.3, -0.25) is 4.79 Å². The summed E-state index contributed by atoms with van der Waals surface area (Å²) in [7, 11) is 0. The highest BCUT2D eigenvalue weighted by atomic mass is 19.1. The van der Waals surface area contributed by atoms with Crippen LogP contribution in [0.3, 0.4) is 0 Å². The van der Waals surface area contributed by atoms with Crippen molar-refractivity contribution in [1.82, 2.24) is 10.2 Å². The Labute approximate surface area is 211 Å². The minimum atomic E-state index is -1.06. The van der Waals surface area contributed by atoms with Gasteiger partial charge in [-0.25, -0.2) is 14.0 Å². The molecule has 2 aromatic rings. The molecule has 0 spiro atoms. The monoisotopic (exact) mass is 495 g/mol. The standard InChI is InChI=1S/C28H34FN3O4/c29-22-14-12-19(13-15-22)10-11-20-5-4-16-32(18-20)26(33)24-8-1-2-9-25(24)31-28(36)30-23-7-3-6-21(17-23)27(34)35/h3,6-7,12-15,17,20,24-25H,1-2,4-5,8-11,16,18H2,(H,34,35)(H2,30,31,36)/t20-,24-,25-/m1/s1. The van der Waals surface area contributed by atoms with Crippen LogP contribution in [0.4, 0.5) is 14.9 Å². The van der Waals surface area contributed by atoms with Crippen LogP contribution in [0, 0.1) is 17.7 Å². The second-order valence-corrected chi connectivity index (χ2v) is 9.94. The summed E-state index contributed by atoms with van der Waals surface area (Å²) < 4.78 is 13.2. The molecule has 0 bridgehead atoms. The van der Waals surface area contributed by atoms with E-state index in [1.165, 1.54) is 24.3 Å². The molecule has 1 saturated carbocycles. The van der Waals surface area contributed by atoms with Crippen LogP contribution in [0.5, 0.6) is 0 Å². The lowest BCUT2D eigenvalue weighted by molar-refractivity contribution is -0.139. The maximum Gasteiger partial charge on any atom is 0.335 e. The zero-order valence-corrected chi connectivity index (χ0v) is 20.4. The lowest BCUT2D eigenvalue weighted by Gasteiger charge is -2.39. The predicted octanol–water partition coefficient (Wildman–Crippen LogP) is 5.08. The third-order valence-corrected chi connectivity index (χ3v) is 7.35. The first-order valence-electron chi connectivity index (χ1n) is 12.8. The number of carboxylic acids is 1. The van der Waals surface area contributed by atoms with Crippen molar-refractivity contribution < 1.29 is 23.9 Å². The van der Waals surface area contributed by atoms with Crippen LogP contribution in [-0.2, 0) is 11.2 Å². The van der Waals surface area contributed by atoms with Crippen LogP contribution in [0.15, 0.2) is 48.5 Å². The molecule has 0 radical (unpaired) electrons. The van der Waals surface area contributed by atoms with E-state index in [-0.39, 0.29) is 29.2 Å². The first-order chi connectivity index (χ1) is 17.4. The summed E-state index contributed by atoms with van der Waals surface area (Å²) in [6.45, 7) is 1.46. The van der Waals surface area contributed by atoms with Gasteiger partial charge in [-0.1, -0.05) is 31.0 Å². The number of halogens is 1. The van der Waals surface area contributed by atoms with E-state index < -0.39 is 12.0 Å². The van der Waals surface area contributed by atoms with Gasteiger partial charge in [0.2, 0.25) is 5.91 Å². The topological polar surface area (TPSA) is 98.7 Å². The number of aryl methyl sites for hydroxylation is 1. The third kappa shape index (κ3) is 6.83. The van der Waals surface area contributed by atoms with E-state index in [0.29, 0.717) is 11.6 Å². The van der Waals surface area contributed by atoms with Crippen LogP contribution in [-0.4, -0.2) is 47.0 Å². The van der Waals surface area contributed by atoms with E-state index >= 15 is 0 Å². The van der Waals surface area contributed by atoms with E-state index in [1.807, 2.05) is 17.0 Å². The summed E-state index contributed by atoms with van der Waals surface area (Å²) in [5.41, 5.74) is 1.60. The Morgan fingerprint density at radius 2 is 1.78 bits per heavy atom. The normalized spacial score (nSPS) is 22.0. The smallest absolute Gasteiger partial charge is 0.335 e. The van der Waals surface area contributed by atoms with Gasteiger partial charge in [0.05, 0.1) is 11.5 Å². The molecular weight excluding hydrogens is 461 g/mol. The second-order valence-electron chi connectivity index (χ2n) is 9.94. The number of carboxylic acid groups (broad SMARTS) is 1. The molecule has 7 nitrogen and oxygen atoms in total. The van der Waals surface area contributed by atoms with Gasteiger partial charge in [-0.05, 0) is 80.3 Å². The number of aromatic carboxylic acids is 1. The average Bonchev–Trinajstić information content (AvgIpc) is 2.88. The van der Waals surface area contributed by atoms with Crippen molar-refractivity contribution >= 4 is 23.6 Å². The molecule has 3 N–H and O–H groups in total. The highest BCUT2D eigenvalue weighted by Gasteiger charge is 2.36. The van der Waals surface area contributed by atoms with Crippen molar-refractivity contribution in [2.24, 2.45) is 11.8 Å². The number of amides is 3. The number of carbonyl (C=O) groups excluding carboxylic acids is 2. The minimum absolute atomic E-state index is 0.0950. The summed E-state index contributed by atoms with van der Waals surface area (Å²) in [6.07, 6.45) is 7.25. The number of piperidine rings is 1. The number of carbonyl (C=O) groups is 3. The SMILES string of the molecule is O=C(Nc1cccc(C(=O)O)c1)N[C@@H]1CCCC[C@H]1C(=O)N1CCC[C@H](CCc2ccc(F)cc2)C1. The van der Waals surface area contributed by atoms with Crippen molar-refractivity contribution in [2.45, 2.75) is 57.4 Å². The molecule has 1 saturated heterocycles. The number of benzene rings is 2. The summed E-state index contributed by atoms with van der Waals surface area (Å²) >= 11 is 0. The molecule has 1 aliphatic carbocycles. The summed E-state index contributed by atoms with van der Waals surface area (Å²) in [4.78, 5) is 39.4. The molecule has 0 aromatic heterocycles. The van der Waals surface area contributed by atoms with Gasteiger partial charge in [0.1, 0.15) is 5.82 Å². The fourth-order valence-corrected chi connectivity index (χ4v) is 5.42. The number of nitrogens with one attached hydrogen (secondary N) is 2. The van der Waals surface area contributed by atoms with Gasteiger partial charge >= 0.3 is 12.0 Å². The first kappa shape index (κ1) is 25.7. The zero-order valence-electron chi connectivity index (χ0n) is 20.4. The molecule has 2 aliphatic rings. The highest BCUT2D eigenvalue weighted by molar-refractivity contribution is 5.93. The van der Waals surface area contributed by atoms with E-state index in [9.17, 15) is 18.8 Å². The maximum absolute atomic E-state index is 13.5. The lowest BCUT2D eigenvalue weighted by atomic mass is 9.82. The van der Waals surface area contributed by atoms with Gasteiger partial charge in [0, 0.05) is 24.8 Å². The Morgan fingerprint density at radius 3 is 2.56 bits per heavy atom. The summed E-state index contributed by atoms with van der Waals surface area (Å²) in [6, 6.07) is 12.0. The minimum Gasteiger partial charge on any atom is -0.478 e. The van der Waals surface area contributed by atoms with Gasteiger partial charge < -0.3 is 20.6 Å².